The van der Waals surface area contributed by atoms with Crippen LogP contribution < -0.4 is 10.1 Å². The quantitative estimate of drug-likeness (QED) is 0.356. The highest BCUT2D eigenvalue weighted by Crippen LogP contribution is 2.36. The Kier molecular flexibility index (Phi) is 8.16. The molecule has 0 aliphatic rings. The molecule has 0 bridgehead atoms. The summed E-state index contributed by atoms with van der Waals surface area (Å²) in [5.74, 6) is 0.754. The SMILES string of the molecule is CCC/C=C(/CC)c1c(-c2cnn(CCO)c2)ccnc1Nc1ccc(OC(C)(F)F)cc1. The number of anilines is 2. The summed E-state index contributed by atoms with van der Waals surface area (Å²) in [5, 5.41) is 16.9. The number of alkyl halides is 2. The van der Waals surface area contributed by atoms with E-state index >= 15 is 0 Å². The van der Waals surface area contributed by atoms with Gasteiger partial charge in [-0.15, -0.1) is 0 Å². The fourth-order valence-electron chi connectivity index (χ4n) is 3.54. The average Bonchev–Trinajstić information content (AvgIpc) is 3.24. The van der Waals surface area contributed by atoms with Gasteiger partial charge in [-0.1, -0.05) is 26.3 Å². The summed E-state index contributed by atoms with van der Waals surface area (Å²) >= 11 is 0. The minimum Gasteiger partial charge on any atom is -0.433 e. The second-order valence-corrected chi connectivity index (χ2v) is 7.73. The van der Waals surface area contributed by atoms with E-state index in [4.69, 9.17) is 0 Å². The van der Waals surface area contributed by atoms with Crippen molar-refractivity contribution in [1.82, 2.24) is 14.8 Å². The van der Waals surface area contributed by atoms with Crippen LogP contribution in [0.25, 0.3) is 16.7 Å². The van der Waals surface area contributed by atoms with Gasteiger partial charge in [0.2, 0.25) is 0 Å². The summed E-state index contributed by atoms with van der Waals surface area (Å²) < 4.78 is 32.6. The molecule has 0 saturated carbocycles. The molecule has 1 aromatic carbocycles. The number of aliphatic hydroxyl groups is 1. The van der Waals surface area contributed by atoms with Gasteiger partial charge < -0.3 is 15.2 Å². The molecule has 0 amide bonds. The van der Waals surface area contributed by atoms with Crippen molar-refractivity contribution in [1.29, 1.82) is 0 Å². The van der Waals surface area contributed by atoms with E-state index in [1.165, 1.54) is 12.1 Å². The summed E-state index contributed by atoms with van der Waals surface area (Å²) in [7, 11) is 0. The predicted octanol–water partition coefficient (Wildman–Crippen LogP) is 6.27. The molecule has 0 spiro atoms. The lowest BCUT2D eigenvalue weighted by Crippen LogP contribution is -2.18. The first kappa shape index (κ1) is 24.4. The number of nitrogens with one attached hydrogen (secondary N) is 1. The molecule has 176 valence electrons. The molecule has 33 heavy (non-hydrogen) atoms. The van der Waals surface area contributed by atoms with Crippen LogP contribution in [-0.2, 0) is 6.54 Å². The van der Waals surface area contributed by atoms with Crippen LogP contribution in [0, 0.1) is 0 Å². The summed E-state index contributed by atoms with van der Waals surface area (Å²) in [6.45, 7) is 5.38. The molecule has 0 saturated heterocycles. The summed E-state index contributed by atoms with van der Waals surface area (Å²) in [6.07, 6.45) is 7.19. The number of hydrogen-bond acceptors (Lipinski definition) is 5. The van der Waals surface area contributed by atoms with E-state index in [9.17, 15) is 13.9 Å². The van der Waals surface area contributed by atoms with Gasteiger partial charge in [0.25, 0.3) is 0 Å². The molecule has 0 radical (unpaired) electrons. The van der Waals surface area contributed by atoms with E-state index in [0.29, 0.717) is 25.0 Å². The van der Waals surface area contributed by atoms with Crippen molar-refractivity contribution in [3.8, 4) is 16.9 Å². The van der Waals surface area contributed by atoms with Crippen LogP contribution >= 0.6 is 0 Å². The molecule has 0 aliphatic carbocycles. The topological polar surface area (TPSA) is 72.2 Å². The number of benzene rings is 1. The van der Waals surface area contributed by atoms with Gasteiger partial charge in [-0.3, -0.25) is 4.68 Å². The van der Waals surface area contributed by atoms with E-state index in [2.05, 4.69) is 40.1 Å². The Bertz CT molecular complexity index is 1070. The molecular formula is C25H30F2N4O2. The van der Waals surface area contributed by atoms with E-state index < -0.39 is 6.11 Å². The number of aliphatic hydroxyl groups excluding tert-OH is 1. The van der Waals surface area contributed by atoms with Gasteiger partial charge in [0, 0.05) is 36.1 Å². The minimum atomic E-state index is -3.24. The van der Waals surface area contributed by atoms with Crippen LogP contribution in [0.4, 0.5) is 20.3 Å². The Hall–Kier alpha value is -3.26. The van der Waals surface area contributed by atoms with E-state index in [1.54, 1.807) is 29.2 Å². The van der Waals surface area contributed by atoms with Crippen LogP contribution in [0.3, 0.4) is 0 Å². The fraction of sp³-hybridized carbons (Fsp3) is 0.360. The van der Waals surface area contributed by atoms with Gasteiger partial charge in [0.05, 0.1) is 19.3 Å². The van der Waals surface area contributed by atoms with Crippen molar-refractivity contribution in [2.75, 3.05) is 11.9 Å². The molecule has 0 atom stereocenters. The number of pyridine rings is 1. The zero-order chi connectivity index (χ0) is 23.8. The van der Waals surface area contributed by atoms with Crippen LogP contribution in [0.5, 0.6) is 5.75 Å². The zero-order valence-corrected chi connectivity index (χ0v) is 19.2. The van der Waals surface area contributed by atoms with Crippen molar-refractivity contribution in [2.24, 2.45) is 0 Å². The summed E-state index contributed by atoms with van der Waals surface area (Å²) in [6, 6.07) is 8.31. The van der Waals surface area contributed by atoms with Gasteiger partial charge in [-0.25, -0.2) is 4.98 Å². The summed E-state index contributed by atoms with van der Waals surface area (Å²) in [5.41, 5.74) is 4.73. The van der Waals surface area contributed by atoms with Crippen LogP contribution in [0.2, 0.25) is 0 Å². The molecule has 0 fully saturated rings. The molecule has 8 heteroatoms. The Balaban J connectivity index is 2.01. The Morgan fingerprint density at radius 2 is 1.97 bits per heavy atom. The second-order valence-electron chi connectivity index (χ2n) is 7.73. The normalized spacial score (nSPS) is 12.1. The molecule has 2 aromatic heterocycles. The summed E-state index contributed by atoms with van der Waals surface area (Å²) in [4.78, 5) is 4.59. The second kappa shape index (κ2) is 11.0. The first-order valence-corrected chi connectivity index (χ1v) is 11.1. The lowest BCUT2D eigenvalue weighted by Gasteiger charge is -2.18. The molecule has 0 unspecified atom stereocenters. The molecule has 2 heterocycles. The first-order chi connectivity index (χ1) is 15.8. The van der Waals surface area contributed by atoms with E-state index in [1.807, 2.05) is 12.3 Å². The molecule has 3 aromatic rings. The number of aromatic nitrogens is 3. The highest BCUT2D eigenvalue weighted by atomic mass is 19.3. The Morgan fingerprint density at radius 1 is 1.21 bits per heavy atom. The minimum absolute atomic E-state index is 0.0113. The van der Waals surface area contributed by atoms with Crippen molar-refractivity contribution >= 4 is 17.1 Å². The lowest BCUT2D eigenvalue weighted by molar-refractivity contribution is -0.158. The largest absolute Gasteiger partial charge is 0.433 e. The van der Waals surface area contributed by atoms with Gasteiger partial charge in [0.15, 0.2) is 0 Å². The predicted molar refractivity (Wildman–Crippen MR) is 127 cm³/mol. The Morgan fingerprint density at radius 3 is 2.61 bits per heavy atom. The molecule has 6 nitrogen and oxygen atoms in total. The monoisotopic (exact) mass is 456 g/mol. The van der Waals surface area contributed by atoms with Gasteiger partial charge in [-0.05, 0) is 54.3 Å². The maximum Gasteiger partial charge on any atom is 0.394 e. The van der Waals surface area contributed by atoms with Crippen molar-refractivity contribution in [3.63, 3.8) is 0 Å². The Labute approximate surface area is 192 Å². The standard InChI is InChI=1S/C25H30F2N4O2/c1-4-6-7-18(5-2)23-22(19-16-29-31(17-19)14-15-32)12-13-28-24(23)30-20-8-10-21(11-9-20)33-25(3,26)27/h7-13,16-17,32H,4-6,14-15H2,1-3H3,(H,28,30)/b18-7-. The highest BCUT2D eigenvalue weighted by molar-refractivity contribution is 5.88. The number of rotatable bonds is 11. The van der Waals surface area contributed by atoms with Crippen LogP contribution in [0.15, 0.2) is 55.0 Å². The number of ether oxygens (including phenoxy) is 1. The number of halogens is 2. The van der Waals surface area contributed by atoms with Crippen molar-refractivity contribution in [2.45, 2.75) is 52.7 Å². The molecule has 3 rings (SSSR count). The molecule has 0 aliphatic heterocycles. The number of hydrogen-bond donors (Lipinski definition) is 2. The van der Waals surface area contributed by atoms with Gasteiger partial charge in [0.1, 0.15) is 11.6 Å². The van der Waals surface area contributed by atoms with Crippen LogP contribution in [0.1, 0.15) is 45.6 Å². The lowest BCUT2D eigenvalue weighted by atomic mass is 9.94. The smallest absolute Gasteiger partial charge is 0.394 e. The van der Waals surface area contributed by atoms with E-state index in [-0.39, 0.29) is 12.4 Å². The number of unbranched alkanes of at least 4 members (excludes halogenated alkanes) is 1. The third kappa shape index (κ3) is 6.61. The fourth-order valence-corrected chi connectivity index (χ4v) is 3.54. The maximum atomic E-state index is 13.1. The van der Waals surface area contributed by atoms with Gasteiger partial charge >= 0.3 is 6.11 Å². The average molecular weight is 457 g/mol. The zero-order valence-electron chi connectivity index (χ0n) is 19.2. The van der Waals surface area contributed by atoms with E-state index in [0.717, 1.165) is 41.5 Å². The third-order valence-electron chi connectivity index (χ3n) is 5.02. The van der Waals surface area contributed by atoms with Crippen molar-refractivity contribution in [3.05, 3.63) is 60.6 Å². The number of nitrogens with zero attached hydrogens (tertiary/aromatic N) is 3. The molecule has 2 N–H and O–H groups in total. The van der Waals surface area contributed by atoms with Crippen molar-refractivity contribution < 1.29 is 18.6 Å². The molecular weight excluding hydrogens is 426 g/mol. The van der Waals surface area contributed by atoms with Gasteiger partial charge in [-0.2, -0.15) is 13.9 Å². The maximum absolute atomic E-state index is 13.1. The first-order valence-electron chi connectivity index (χ1n) is 11.1. The third-order valence-corrected chi connectivity index (χ3v) is 5.02. The number of allylic oxidation sites excluding steroid dienone is 2. The van der Waals surface area contributed by atoms with Crippen LogP contribution in [-0.4, -0.2) is 32.6 Å². The highest BCUT2D eigenvalue weighted by Gasteiger charge is 2.23.